The van der Waals surface area contributed by atoms with Crippen LogP contribution >= 0.6 is 0 Å². The molecular weight excluding hydrogens is 262 g/mol. The minimum Gasteiger partial charge on any atom is -0.481 e. The molecule has 0 heterocycles. The van der Waals surface area contributed by atoms with E-state index in [4.69, 9.17) is 0 Å². The molecular formula is C18H21NO2. The summed E-state index contributed by atoms with van der Waals surface area (Å²) in [5.74, 6) is -1.19. The van der Waals surface area contributed by atoms with Gasteiger partial charge < -0.3 is 10.0 Å². The Hall–Kier alpha value is -2.29. The quantitative estimate of drug-likeness (QED) is 0.872. The van der Waals surface area contributed by atoms with Gasteiger partial charge in [-0.2, -0.15) is 0 Å². The first-order valence-electron chi connectivity index (χ1n) is 7.19. The fraction of sp³-hybridized carbons (Fsp3) is 0.278. The summed E-state index contributed by atoms with van der Waals surface area (Å²) in [5.41, 5.74) is 2.22. The molecule has 0 aliphatic carbocycles. The predicted octanol–water partition coefficient (Wildman–Crippen LogP) is 3.97. The van der Waals surface area contributed by atoms with Crippen LogP contribution in [0.4, 0.5) is 5.69 Å². The van der Waals surface area contributed by atoms with Gasteiger partial charge in [0.05, 0.1) is 12.0 Å². The standard InChI is InChI=1S/C18H21NO2/c1-14(18(20)21)13-19(17-11-7-4-8-12-17)15(2)16-9-5-3-6-10-16/h3-12,14-15H,13H2,1-2H3,(H,20,21). The number of carboxylic acids is 1. The summed E-state index contributed by atoms with van der Waals surface area (Å²) in [5, 5.41) is 9.20. The summed E-state index contributed by atoms with van der Waals surface area (Å²) in [6.07, 6.45) is 0. The highest BCUT2D eigenvalue weighted by atomic mass is 16.4. The first kappa shape index (κ1) is 15.1. The van der Waals surface area contributed by atoms with Gasteiger partial charge in [-0.3, -0.25) is 4.79 Å². The third-order valence-corrected chi connectivity index (χ3v) is 3.73. The summed E-state index contributed by atoms with van der Waals surface area (Å²) < 4.78 is 0. The van der Waals surface area contributed by atoms with Crippen LogP contribution in [-0.4, -0.2) is 17.6 Å². The first-order valence-corrected chi connectivity index (χ1v) is 7.19. The minimum absolute atomic E-state index is 0.121. The molecule has 2 aromatic rings. The number of rotatable bonds is 6. The predicted molar refractivity (Wildman–Crippen MR) is 85.4 cm³/mol. The summed E-state index contributed by atoms with van der Waals surface area (Å²) in [4.78, 5) is 13.3. The third kappa shape index (κ3) is 3.85. The number of para-hydroxylation sites is 1. The molecule has 2 unspecified atom stereocenters. The summed E-state index contributed by atoms with van der Waals surface area (Å²) >= 11 is 0. The van der Waals surface area contributed by atoms with Gasteiger partial charge in [-0.15, -0.1) is 0 Å². The third-order valence-electron chi connectivity index (χ3n) is 3.73. The van der Waals surface area contributed by atoms with Crippen LogP contribution in [0, 0.1) is 5.92 Å². The smallest absolute Gasteiger partial charge is 0.308 e. The summed E-state index contributed by atoms with van der Waals surface area (Å²) in [7, 11) is 0. The first-order chi connectivity index (χ1) is 10.1. The zero-order valence-corrected chi connectivity index (χ0v) is 12.4. The van der Waals surface area contributed by atoms with Crippen LogP contribution in [0.2, 0.25) is 0 Å². The van der Waals surface area contributed by atoms with Gasteiger partial charge in [0.1, 0.15) is 0 Å². The summed E-state index contributed by atoms with van der Waals surface area (Å²) in [6, 6.07) is 20.2. The molecule has 0 radical (unpaired) electrons. The molecule has 0 aliphatic heterocycles. The van der Waals surface area contributed by atoms with Crippen LogP contribution < -0.4 is 4.90 Å². The fourth-order valence-corrected chi connectivity index (χ4v) is 2.39. The van der Waals surface area contributed by atoms with Crippen molar-refractivity contribution in [3.05, 3.63) is 66.2 Å². The molecule has 2 atom stereocenters. The Bertz CT molecular complexity index is 568. The van der Waals surface area contributed by atoms with Crippen molar-refractivity contribution in [2.45, 2.75) is 19.9 Å². The topological polar surface area (TPSA) is 40.5 Å². The van der Waals surface area contributed by atoms with Crippen LogP contribution in [0.3, 0.4) is 0 Å². The van der Waals surface area contributed by atoms with Gasteiger partial charge in [0, 0.05) is 12.2 Å². The Balaban J connectivity index is 2.29. The Labute approximate surface area is 125 Å². The molecule has 0 saturated heterocycles. The van der Waals surface area contributed by atoms with Crippen LogP contribution in [0.15, 0.2) is 60.7 Å². The van der Waals surface area contributed by atoms with Crippen LogP contribution in [-0.2, 0) is 4.79 Å². The number of hydrogen-bond donors (Lipinski definition) is 1. The molecule has 0 aliphatic rings. The van der Waals surface area contributed by atoms with E-state index in [2.05, 4.69) is 24.0 Å². The van der Waals surface area contributed by atoms with Gasteiger partial charge in [0.15, 0.2) is 0 Å². The van der Waals surface area contributed by atoms with E-state index in [9.17, 15) is 9.90 Å². The van der Waals surface area contributed by atoms with Crippen molar-refractivity contribution in [1.82, 2.24) is 0 Å². The van der Waals surface area contributed by atoms with Crippen molar-refractivity contribution < 1.29 is 9.90 Å². The lowest BCUT2D eigenvalue weighted by Crippen LogP contribution is -2.34. The molecule has 0 aromatic heterocycles. The van der Waals surface area contributed by atoms with E-state index in [1.807, 2.05) is 48.5 Å². The second-order valence-corrected chi connectivity index (χ2v) is 5.31. The van der Waals surface area contributed by atoms with E-state index in [1.165, 1.54) is 5.56 Å². The highest BCUT2D eigenvalue weighted by Crippen LogP contribution is 2.27. The minimum atomic E-state index is -0.767. The average Bonchev–Trinajstić information content (AvgIpc) is 2.53. The van der Waals surface area contributed by atoms with Crippen LogP contribution in [0.5, 0.6) is 0 Å². The molecule has 3 heteroatoms. The maximum absolute atomic E-state index is 11.2. The largest absolute Gasteiger partial charge is 0.481 e. The van der Waals surface area contributed by atoms with Gasteiger partial charge in [-0.05, 0) is 24.6 Å². The maximum Gasteiger partial charge on any atom is 0.308 e. The van der Waals surface area contributed by atoms with E-state index >= 15 is 0 Å². The van der Waals surface area contributed by atoms with Crippen molar-refractivity contribution in [3.63, 3.8) is 0 Å². The molecule has 0 spiro atoms. The molecule has 110 valence electrons. The lowest BCUT2D eigenvalue weighted by atomic mass is 10.0. The fourth-order valence-electron chi connectivity index (χ4n) is 2.39. The number of benzene rings is 2. The summed E-state index contributed by atoms with van der Waals surface area (Å²) in [6.45, 7) is 4.34. The van der Waals surface area contributed by atoms with Gasteiger partial charge in [-0.1, -0.05) is 55.5 Å². The molecule has 0 saturated carbocycles. The molecule has 0 fully saturated rings. The van der Waals surface area contributed by atoms with Gasteiger partial charge in [0.25, 0.3) is 0 Å². The average molecular weight is 283 g/mol. The van der Waals surface area contributed by atoms with E-state index < -0.39 is 11.9 Å². The highest BCUT2D eigenvalue weighted by molar-refractivity contribution is 5.70. The van der Waals surface area contributed by atoms with Gasteiger partial charge in [-0.25, -0.2) is 0 Å². The normalized spacial score (nSPS) is 13.4. The number of nitrogens with zero attached hydrogens (tertiary/aromatic N) is 1. The lowest BCUT2D eigenvalue weighted by molar-refractivity contribution is -0.140. The molecule has 1 N–H and O–H groups in total. The van der Waals surface area contributed by atoms with Crippen LogP contribution in [0.1, 0.15) is 25.5 Å². The number of carbonyl (C=O) groups is 1. The Morgan fingerprint density at radius 1 is 1.00 bits per heavy atom. The van der Waals surface area contributed by atoms with Crippen molar-refractivity contribution in [2.24, 2.45) is 5.92 Å². The molecule has 3 nitrogen and oxygen atoms in total. The van der Waals surface area contributed by atoms with Gasteiger partial charge in [0.2, 0.25) is 0 Å². The van der Waals surface area contributed by atoms with Crippen molar-refractivity contribution in [3.8, 4) is 0 Å². The van der Waals surface area contributed by atoms with Crippen LogP contribution in [0.25, 0.3) is 0 Å². The number of hydrogen-bond acceptors (Lipinski definition) is 2. The Kier molecular flexibility index (Phi) is 4.99. The van der Waals surface area contributed by atoms with E-state index in [0.717, 1.165) is 5.69 Å². The number of anilines is 1. The second kappa shape index (κ2) is 6.93. The number of carboxylic acid groups (broad SMARTS) is 1. The molecule has 2 aromatic carbocycles. The SMILES string of the molecule is CC(CN(c1ccccc1)C(C)c1ccccc1)C(=O)O. The van der Waals surface area contributed by atoms with E-state index in [-0.39, 0.29) is 6.04 Å². The van der Waals surface area contributed by atoms with Crippen molar-refractivity contribution in [1.29, 1.82) is 0 Å². The van der Waals surface area contributed by atoms with E-state index in [0.29, 0.717) is 6.54 Å². The van der Waals surface area contributed by atoms with Crippen molar-refractivity contribution >= 4 is 11.7 Å². The molecule has 2 rings (SSSR count). The van der Waals surface area contributed by atoms with Crippen molar-refractivity contribution in [2.75, 3.05) is 11.4 Å². The zero-order chi connectivity index (χ0) is 15.2. The monoisotopic (exact) mass is 283 g/mol. The zero-order valence-electron chi connectivity index (χ0n) is 12.4. The molecule has 0 amide bonds. The Morgan fingerprint density at radius 3 is 2.05 bits per heavy atom. The maximum atomic E-state index is 11.2. The van der Waals surface area contributed by atoms with E-state index in [1.54, 1.807) is 6.92 Å². The molecule has 0 bridgehead atoms. The van der Waals surface area contributed by atoms with Gasteiger partial charge >= 0.3 is 5.97 Å². The number of aliphatic carboxylic acids is 1. The highest BCUT2D eigenvalue weighted by Gasteiger charge is 2.21. The lowest BCUT2D eigenvalue weighted by Gasteiger charge is -2.33. The molecule has 21 heavy (non-hydrogen) atoms. The second-order valence-electron chi connectivity index (χ2n) is 5.31. The Morgan fingerprint density at radius 2 is 1.52 bits per heavy atom.